The first kappa shape index (κ1) is 13.3. The largest absolute Gasteiger partial charge is 0.497 e. The average molecular weight is 238 g/mol. The van der Waals surface area contributed by atoms with Crippen LogP contribution in [0.25, 0.3) is 0 Å². The molecule has 1 rings (SSSR count). The highest BCUT2D eigenvalue weighted by Gasteiger charge is 2.12. The van der Waals surface area contributed by atoms with Crippen molar-refractivity contribution in [1.82, 2.24) is 4.90 Å². The maximum atomic E-state index is 11.7. The van der Waals surface area contributed by atoms with E-state index in [4.69, 9.17) is 15.2 Å². The Morgan fingerprint density at radius 1 is 1.41 bits per heavy atom. The molecule has 1 aromatic rings. The van der Waals surface area contributed by atoms with Crippen molar-refractivity contribution in [2.24, 2.45) is 0 Å². The maximum Gasteiger partial charge on any atom is 0.340 e. The van der Waals surface area contributed by atoms with Gasteiger partial charge in [0.15, 0.2) is 0 Å². The zero-order valence-electron chi connectivity index (χ0n) is 10.4. The van der Waals surface area contributed by atoms with Gasteiger partial charge in [-0.05, 0) is 32.3 Å². The molecule has 0 atom stereocenters. The third-order valence-electron chi connectivity index (χ3n) is 2.25. The molecule has 0 saturated heterocycles. The van der Waals surface area contributed by atoms with E-state index >= 15 is 0 Å². The highest BCUT2D eigenvalue weighted by molar-refractivity contribution is 5.95. The average Bonchev–Trinajstić information content (AvgIpc) is 2.29. The molecule has 0 unspecified atom stereocenters. The number of nitrogens with zero attached hydrogens (tertiary/aromatic N) is 1. The van der Waals surface area contributed by atoms with Crippen LogP contribution in [0.5, 0.6) is 5.75 Å². The first-order valence-electron chi connectivity index (χ1n) is 5.30. The Kier molecular flexibility index (Phi) is 4.78. The van der Waals surface area contributed by atoms with E-state index in [1.165, 1.54) is 7.11 Å². The van der Waals surface area contributed by atoms with Crippen LogP contribution in [0, 0.1) is 0 Å². The number of rotatable bonds is 5. The van der Waals surface area contributed by atoms with Crippen molar-refractivity contribution in [3.63, 3.8) is 0 Å². The molecule has 0 bridgehead atoms. The summed E-state index contributed by atoms with van der Waals surface area (Å²) in [5.41, 5.74) is 6.44. The van der Waals surface area contributed by atoms with Gasteiger partial charge in [-0.25, -0.2) is 4.79 Å². The molecule has 0 aromatic heterocycles. The predicted octanol–water partition coefficient (Wildman–Crippen LogP) is 0.996. The Balaban J connectivity index is 2.67. The van der Waals surface area contributed by atoms with E-state index in [2.05, 4.69) is 0 Å². The smallest absolute Gasteiger partial charge is 0.340 e. The molecular weight excluding hydrogens is 220 g/mol. The summed E-state index contributed by atoms with van der Waals surface area (Å²) >= 11 is 0. The number of hydrogen-bond acceptors (Lipinski definition) is 5. The van der Waals surface area contributed by atoms with Crippen molar-refractivity contribution in [3.8, 4) is 5.75 Å². The zero-order valence-corrected chi connectivity index (χ0v) is 10.4. The number of likely N-dealkylation sites (N-methyl/N-ethyl adjacent to an activating group) is 1. The minimum atomic E-state index is -0.428. The first-order valence-corrected chi connectivity index (χ1v) is 5.30. The molecule has 0 saturated carbocycles. The zero-order chi connectivity index (χ0) is 12.8. The van der Waals surface area contributed by atoms with Crippen LogP contribution in [0.1, 0.15) is 10.4 Å². The van der Waals surface area contributed by atoms with E-state index in [0.717, 1.165) is 0 Å². The van der Waals surface area contributed by atoms with E-state index in [9.17, 15) is 4.79 Å². The fraction of sp³-hybridized carbons (Fsp3) is 0.417. The van der Waals surface area contributed by atoms with Gasteiger partial charge in [0, 0.05) is 12.2 Å². The number of nitrogens with two attached hydrogens (primary N) is 1. The molecular formula is C12H18N2O3. The fourth-order valence-electron chi connectivity index (χ4n) is 1.24. The fourth-order valence-corrected chi connectivity index (χ4v) is 1.24. The predicted molar refractivity (Wildman–Crippen MR) is 66.2 cm³/mol. The molecule has 0 radical (unpaired) electrons. The normalized spacial score (nSPS) is 10.4. The number of carbonyl (C=O) groups excluding carboxylic acids is 1. The molecule has 0 aliphatic carbocycles. The molecule has 0 aliphatic heterocycles. The number of anilines is 1. The third kappa shape index (κ3) is 3.96. The molecule has 17 heavy (non-hydrogen) atoms. The van der Waals surface area contributed by atoms with Gasteiger partial charge in [-0.2, -0.15) is 0 Å². The van der Waals surface area contributed by atoms with E-state index in [-0.39, 0.29) is 0 Å². The summed E-state index contributed by atoms with van der Waals surface area (Å²) in [6.45, 7) is 1.01. The maximum absolute atomic E-state index is 11.7. The molecule has 2 N–H and O–H groups in total. The molecule has 0 fully saturated rings. The van der Waals surface area contributed by atoms with E-state index in [0.29, 0.717) is 30.2 Å². The van der Waals surface area contributed by atoms with Crippen molar-refractivity contribution >= 4 is 11.7 Å². The van der Waals surface area contributed by atoms with Crippen LogP contribution in [0.4, 0.5) is 5.69 Å². The van der Waals surface area contributed by atoms with Gasteiger partial charge in [-0.1, -0.05) is 0 Å². The monoisotopic (exact) mass is 238 g/mol. The standard InChI is InChI=1S/C12H18N2O3/c1-14(2)6-7-17-12(15)10-8-9(16-3)4-5-11(10)13/h4-5,8H,6-7,13H2,1-3H3. The second kappa shape index (κ2) is 6.10. The number of ether oxygens (including phenoxy) is 2. The molecule has 0 heterocycles. The van der Waals surface area contributed by atoms with Crippen molar-refractivity contribution in [2.45, 2.75) is 0 Å². The topological polar surface area (TPSA) is 64.8 Å². The second-order valence-electron chi connectivity index (χ2n) is 3.89. The summed E-state index contributed by atoms with van der Waals surface area (Å²) in [5, 5.41) is 0. The van der Waals surface area contributed by atoms with Gasteiger partial charge in [-0.15, -0.1) is 0 Å². The van der Waals surface area contributed by atoms with E-state index < -0.39 is 5.97 Å². The highest BCUT2D eigenvalue weighted by atomic mass is 16.5. The summed E-state index contributed by atoms with van der Waals surface area (Å²) in [6, 6.07) is 4.90. The van der Waals surface area contributed by atoms with Gasteiger partial charge in [0.1, 0.15) is 12.4 Å². The van der Waals surface area contributed by atoms with E-state index in [1.54, 1.807) is 18.2 Å². The number of hydrogen-bond donors (Lipinski definition) is 1. The van der Waals surface area contributed by atoms with Crippen LogP contribution >= 0.6 is 0 Å². The van der Waals surface area contributed by atoms with Crippen molar-refractivity contribution in [3.05, 3.63) is 23.8 Å². The Bertz CT molecular complexity index is 391. The van der Waals surface area contributed by atoms with Crippen LogP contribution in [0.15, 0.2) is 18.2 Å². The molecule has 94 valence electrons. The SMILES string of the molecule is COc1ccc(N)c(C(=O)OCCN(C)C)c1. The van der Waals surface area contributed by atoms with Crippen LogP contribution in [0.3, 0.4) is 0 Å². The number of esters is 1. The number of benzene rings is 1. The highest BCUT2D eigenvalue weighted by Crippen LogP contribution is 2.20. The van der Waals surface area contributed by atoms with Gasteiger partial charge < -0.3 is 20.1 Å². The minimum absolute atomic E-state index is 0.336. The Hall–Kier alpha value is -1.75. The second-order valence-corrected chi connectivity index (χ2v) is 3.89. The molecule has 1 aromatic carbocycles. The lowest BCUT2D eigenvalue weighted by molar-refractivity contribution is 0.0482. The summed E-state index contributed by atoms with van der Waals surface area (Å²) in [5.74, 6) is 0.155. The molecule has 0 amide bonds. The van der Waals surface area contributed by atoms with Gasteiger partial charge >= 0.3 is 5.97 Å². The quantitative estimate of drug-likeness (QED) is 0.612. The summed E-state index contributed by atoms with van der Waals surface area (Å²) in [6.07, 6.45) is 0. The summed E-state index contributed by atoms with van der Waals surface area (Å²) < 4.78 is 10.1. The van der Waals surface area contributed by atoms with Crippen molar-refractivity contribution in [1.29, 1.82) is 0 Å². The number of methoxy groups -OCH3 is 1. The summed E-state index contributed by atoms with van der Waals surface area (Å²) in [4.78, 5) is 13.7. The van der Waals surface area contributed by atoms with Crippen molar-refractivity contribution < 1.29 is 14.3 Å². The lowest BCUT2D eigenvalue weighted by Gasteiger charge is -2.11. The van der Waals surface area contributed by atoms with Gasteiger partial charge in [-0.3, -0.25) is 0 Å². The van der Waals surface area contributed by atoms with Crippen LogP contribution in [-0.2, 0) is 4.74 Å². The van der Waals surface area contributed by atoms with Crippen LogP contribution in [-0.4, -0.2) is 45.2 Å². The van der Waals surface area contributed by atoms with Gasteiger partial charge in [0.2, 0.25) is 0 Å². The first-order chi connectivity index (χ1) is 8.04. The Morgan fingerprint density at radius 2 is 2.12 bits per heavy atom. The van der Waals surface area contributed by atoms with E-state index in [1.807, 2.05) is 19.0 Å². The van der Waals surface area contributed by atoms with Crippen LogP contribution < -0.4 is 10.5 Å². The third-order valence-corrected chi connectivity index (χ3v) is 2.25. The lowest BCUT2D eigenvalue weighted by atomic mass is 10.2. The van der Waals surface area contributed by atoms with Gasteiger partial charge in [0.25, 0.3) is 0 Å². The number of carbonyl (C=O) groups is 1. The summed E-state index contributed by atoms with van der Waals surface area (Å²) in [7, 11) is 5.36. The molecule has 0 aliphatic rings. The molecule has 5 nitrogen and oxygen atoms in total. The molecule has 0 spiro atoms. The Labute approximate surface area is 101 Å². The van der Waals surface area contributed by atoms with Crippen LogP contribution in [0.2, 0.25) is 0 Å². The van der Waals surface area contributed by atoms with Gasteiger partial charge in [0.05, 0.1) is 12.7 Å². The van der Waals surface area contributed by atoms with Crippen molar-refractivity contribution in [2.75, 3.05) is 40.1 Å². The number of nitrogen functional groups attached to an aromatic ring is 1. The molecule has 5 heteroatoms. The Morgan fingerprint density at radius 3 is 2.71 bits per heavy atom. The lowest BCUT2D eigenvalue weighted by Crippen LogP contribution is -2.20. The minimum Gasteiger partial charge on any atom is -0.497 e.